The minimum atomic E-state index is -0.798. The lowest BCUT2D eigenvalue weighted by Gasteiger charge is -2.33. The lowest BCUT2D eigenvalue weighted by Crippen LogP contribution is -2.42. The first-order valence-corrected chi connectivity index (χ1v) is 6.96. The molecule has 6 heteroatoms. The predicted molar refractivity (Wildman–Crippen MR) is 78.1 cm³/mol. The highest BCUT2D eigenvalue weighted by atomic mass is 16.5. The topological polar surface area (TPSA) is 84.3 Å². The third kappa shape index (κ3) is 2.80. The Morgan fingerprint density at radius 3 is 2.86 bits per heavy atom. The van der Waals surface area contributed by atoms with Gasteiger partial charge < -0.3 is 15.2 Å². The summed E-state index contributed by atoms with van der Waals surface area (Å²) in [5, 5.41) is 13.5. The summed E-state index contributed by atoms with van der Waals surface area (Å²) in [5.74, 6) is -0.333. The number of hydrogen-bond acceptors (Lipinski definition) is 5. The van der Waals surface area contributed by atoms with E-state index in [0.29, 0.717) is 38.5 Å². The minimum Gasteiger partial charge on any atom is -0.481 e. The molecule has 1 aliphatic rings. The largest absolute Gasteiger partial charge is 0.481 e. The molecule has 110 valence electrons. The van der Waals surface area contributed by atoms with Crippen molar-refractivity contribution in [2.75, 3.05) is 25.1 Å². The SMILES string of the molecule is O=C(O)C1(CNc2ncc3ccccc3n2)CCOCC1. The van der Waals surface area contributed by atoms with Crippen LogP contribution >= 0.6 is 0 Å². The first-order valence-electron chi connectivity index (χ1n) is 6.96. The number of ether oxygens (including phenoxy) is 1. The molecular weight excluding hydrogens is 270 g/mol. The van der Waals surface area contributed by atoms with Crippen LogP contribution in [0.25, 0.3) is 10.9 Å². The second kappa shape index (κ2) is 5.65. The van der Waals surface area contributed by atoms with Crippen LogP contribution in [0.5, 0.6) is 0 Å². The van der Waals surface area contributed by atoms with Crippen LogP contribution in [-0.4, -0.2) is 40.8 Å². The summed E-state index contributed by atoms with van der Waals surface area (Å²) in [5.41, 5.74) is 0.0409. The predicted octanol–water partition coefficient (Wildman–Crippen LogP) is 1.92. The first kappa shape index (κ1) is 13.8. The Kier molecular flexibility index (Phi) is 3.70. The monoisotopic (exact) mass is 287 g/mol. The lowest BCUT2D eigenvalue weighted by atomic mass is 9.80. The fraction of sp³-hybridized carbons (Fsp3) is 0.400. The number of hydrogen-bond donors (Lipinski definition) is 2. The van der Waals surface area contributed by atoms with Crippen LogP contribution in [0.2, 0.25) is 0 Å². The number of carboxylic acids is 1. The fourth-order valence-corrected chi connectivity index (χ4v) is 2.53. The van der Waals surface area contributed by atoms with Crippen molar-refractivity contribution >= 4 is 22.8 Å². The summed E-state index contributed by atoms with van der Waals surface area (Å²) in [7, 11) is 0. The molecule has 0 unspecified atom stereocenters. The molecule has 1 saturated heterocycles. The maximum atomic E-state index is 11.6. The zero-order chi connectivity index (χ0) is 14.7. The average molecular weight is 287 g/mol. The molecule has 0 atom stereocenters. The quantitative estimate of drug-likeness (QED) is 0.893. The van der Waals surface area contributed by atoms with Crippen LogP contribution in [-0.2, 0) is 9.53 Å². The van der Waals surface area contributed by atoms with Crippen molar-refractivity contribution < 1.29 is 14.6 Å². The van der Waals surface area contributed by atoms with E-state index in [1.54, 1.807) is 6.20 Å². The van der Waals surface area contributed by atoms with Gasteiger partial charge >= 0.3 is 5.97 Å². The zero-order valence-electron chi connectivity index (χ0n) is 11.6. The van der Waals surface area contributed by atoms with Crippen LogP contribution in [0.4, 0.5) is 5.95 Å². The van der Waals surface area contributed by atoms with E-state index in [4.69, 9.17) is 4.74 Å². The normalized spacial score (nSPS) is 17.5. The van der Waals surface area contributed by atoms with E-state index < -0.39 is 11.4 Å². The minimum absolute atomic E-state index is 0.310. The zero-order valence-corrected chi connectivity index (χ0v) is 11.6. The molecule has 21 heavy (non-hydrogen) atoms. The van der Waals surface area contributed by atoms with Gasteiger partial charge in [-0.15, -0.1) is 0 Å². The maximum Gasteiger partial charge on any atom is 0.311 e. The van der Waals surface area contributed by atoms with E-state index in [9.17, 15) is 9.90 Å². The molecule has 0 spiro atoms. The van der Waals surface area contributed by atoms with E-state index in [1.807, 2.05) is 24.3 Å². The second-order valence-electron chi connectivity index (χ2n) is 5.30. The average Bonchev–Trinajstić information content (AvgIpc) is 2.53. The van der Waals surface area contributed by atoms with Crippen LogP contribution in [0, 0.1) is 5.41 Å². The van der Waals surface area contributed by atoms with Crippen molar-refractivity contribution in [1.82, 2.24) is 9.97 Å². The van der Waals surface area contributed by atoms with Crippen molar-refractivity contribution in [2.45, 2.75) is 12.8 Å². The summed E-state index contributed by atoms with van der Waals surface area (Å²) in [6, 6.07) is 7.69. The molecule has 3 rings (SSSR count). The van der Waals surface area contributed by atoms with Gasteiger partial charge in [-0.25, -0.2) is 9.97 Å². The van der Waals surface area contributed by atoms with Gasteiger partial charge in [0.15, 0.2) is 0 Å². The Balaban J connectivity index is 1.76. The summed E-state index contributed by atoms with van der Waals surface area (Å²) in [6.07, 6.45) is 2.74. The number of carbonyl (C=O) groups is 1. The third-order valence-electron chi connectivity index (χ3n) is 3.98. The van der Waals surface area contributed by atoms with Crippen molar-refractivity contribution in [2.24, 2.45) is 5.41 Å². The van der Waals surface area contributed by atoms with Crippen molar-refractivity contribution in [1.29, 1.82) is 0 Å². The number of para-hydroxylation sites is 1. The molecule has 1 aromatic carbocycles. The van der Waals surface area contributed by atoms with Crippen LogP contribution in [0.1, 0.15) is 12.8 Å². The van der Waals surface area contributed by atoms with Gasteiger partial charge in [0.1, 0.15) is 0 Å². The Labute approximate surface area is 122 Å². The smallest absolute Gasteiger partial charge is 0.311 e. The van der Waals surface area contributed by atoms with E-state index >= 15 is 0 Å². The van der Waals surface area contributed by atoms with E-state index in [-0.39, 0.29) is 0 Å². The molecule has 0 radical (unpaired) electrons. The van der Waals surface area contributed by atoms with Crippen LogP contribution in [0.15, 0.2) is 30.5 Å². The molecule has 2 aromatic rings. The third-order valence-corrected chi connectivity index (χ3v) is 3.98. The molecular formula is C15H17N3O3. The molecule has 1 fully saturated rings. The maximum absolute atomic E-state index is 11.6. The number of benzene rings is 1. The van der Waals surface area contributed by atoms with Crippen LogP contribution < -0.4 is 5.32 Å². The second-order valence-corrected chi connectivity index (χ2v) is 5.30. The molecule has 1 aliphatic heterocycles. The Hall–Kier alpha value is -2.21. The van der Waals surface area contributed by atoms with Gasteiger partial charge in [-0.3, -0.25) is 4.79 Å². The molecule has 0 saturated carbocycles. The number of aromatic nitrogens is 2. The number of carboxylic acid groups (broad SMARTS) is 1. The van der Waals surface area contributed by atoms with Crippen LogP contribution in [0.3, 0.4) is 0 Å². The highest BCUT2D eigenvalue weighted by Gasteiger charge is 2.40. The Bertz CT molecular complexity index is 653. The summed E-state index contributed by atoms with van der Waals surface area (Å²) >= 11 is 0. The molecule has 1 aromatic heterocycles. The number of rotatable bonds is 4. The van der Waals surface area contributed by atoms with Gasteiger partial charge in [-0.1, -0.05) is 18.2 Å². The molecule has 0 amide bonds. The number of aliphatic carboxylic acids is 1. The van der Waals surface area contributed by atoms with Gasteiger partial charge in [-0.2, -0.15) is 0 Å². The van der Waals surface area contributed by atoms with Gasteiger partial charge in [0.2, 0.25) is 5.95 Å². The van der Waals surface area contributed by atoms with Gasteiger partial charge in [-0.05, 0) is 18.9 Å². The molecule has 2 N–H and O–H groups in total. The fourth-order valence-electron chi connectivity index (χ4n) is 2.53. The summed E-state index contributed by atoms with van der Waals surface area (Å²) in [6.45, 7) is 1.27. The van der Waals surface area contributed by atoms with Crippen molar-refractivity contribution in [3.8, 4) is 0 Å². The Morgan fingerprint density at radius 2 is 2.10 bits per heavy atom. The number of fused-ring (bicyclic) bond motifs is 1. The number of nitrogens with one attached hydrogen (secondary N) is 1. The van der Waals surface area contributed by atoms with Gasteiger partial charge in [0.25, 0.3) is 0 Å². The molecule has 0 bridgehead atoms. The Morgan fingerprint density at radius 1 is 1.33 bits per heavy atom. The van der Waals surface area contributed by atoms with Gasteiger partial charge in [0, 0.05) is 31.3 Å². The van der Waals surface area contributed by atoms with E-state index in [0.717, 1.165) is 10.9 Å². The highest BCUT2D eigenvalue weighted by Crippen LogP contribution is 2.31. The van der Waals surface area contributed by atoms with Crippen molar-refractivity contribution in [3.63, 3.8) is 0 Å². The highest BCUT2D eigenvalue weighted by molar-refractivity contribution is 5.78. The molecule has 6 nitrogen and oxygen atoms in total. The first-order chi connectivity index (χ1) is 10.2. The summed E-state index contributed by atoms with van der Waals surface area (Å²) in [4.78, 5) is 20.2. The lowest BCUT2D eigenvalue weighted by molar-refractivity contribution is -0.153. The van der Waals surface area contributed by atoms with Gasteiger partial charge in [0.05, 0.1) is 10.9 Å². The summed E-state index contributed by atoms with van der Waals surface area (Å²) < 4.78 is 5.26. The van der Waals surface area contributed by atoms with Crippen molar-refractivity contribution in [3.05, 3.63) is 30.5 Å². The number of nitrogens with zero attached hydrogens (tertiary/aromatic N) is 2. The molecule has 2 heterocycles. The van der Waals surface area contributed by atoms with E-state index in [1.165, 1.54) is 0 Å². The standard InChI is InChI=1S/C15H17N3O3/c19-13(20)15(5-7-21-8-6-15)10-17-14-16-9-11-3-1-2-4-12(11)18-14/h1-4,9H,5-8,10H2,(H,19,20)(H,16,17,18). The van der Waals surface area contributed by atoms with E-state index in [2.05, 4.69) is 15.3 Å². The molecule has 0 aliphatic carbocycles. The number of anilines is 1.